The summed E-state index contributed by atoms with van der Waals surface area (Å²) in [5.41, 5.74) is 7.86. The van der Waals surface area contributed by atoms with Crippen molar-refractivity contribution in [3.63, 3.8) is 0 Å². The molecule has 0 saturated heterocycles. The van der Waals surface area contributed by atoms with Gasteiger partial charge in [-0.3, -0.25) is 0 Å². The van der Waals surface area contributed by atoms with Gasteiger partial charge in [0.1, 0.15) is 5.75 Å². The molecule has 1 aromatic rings. The van der Waals surface area contributed by atoms with E-state index in [4.69, 9.17) is 15.7 Å². The first-order chi connectivity index (χ1) is 8.49. The van der Waals surface area contributed by atoms with Crippen LogP contribution in [0.3, 0.4) is 0 Å². The molecule has 0 saturated carbocycles. The highest BCUT2D eigenvalue weighted by molar-refractivity contribution is 5.84. The average Bonchev–Trinajstić information content (AvgIpc) is 2.36. The molecule has 0 bridgehead atoms. The monoisotopic (exact) mass is 250 g/mol. The summed E-state index contributed by atoms with van der Waals surface area (Å²) in [6.45, 7) is 8.19. The molecule has 1 atom stereocenters. The number of nitrogens with two attached hydrogens (primary N) is 1. The summed E-state index contributed by atoms with van der Waals surface area (Å²) in [6, 6.07) is 6.15. The Bertz CT molecular complexity index is 428. The fourth-order valence-corrected chi connectivity index (χ4v) is 1.67. The van der Waals surface area contributed by atoms with E-state index in [1.807, 2.05) is 26.0 Å². The van der Waals surface area contributed by atoms with Gasteiger partial charge in [0, 0.05) is 0 Å². The molecule has 3 N–H and O–H groups in total. The maximum atomic E-state index is 8.71. The Morgan fingerprint density at radius 3 is 2.61 bits per heavy atom. The van der Waals surface area contributed by atoms with Crippen LogP contribution in [0.4, 0.5) is 0 Å². The normalized spacial score (nSPS) is 13.7. The molecule has 0 heterocycles. The lowest BCUT2D eigenvalue weighted by Crippen LogP contribution is -2.33. The first-order valence-corrected chi connectivity index (χ1v) is 6.24. The van der Waals surface area contributed by atoms with E-state index >= 15 is 0 Å². The molecule has 100 valence electrons. The van der Waals surface area contributed by atoms with Crippen LogP contribution in [0.5, 0.6) is 5.75 Å². The molecular weight excluding hydrogens is 228 g/mol. The maximum Gasteiger partial charge on any atom is 0.180 e. The minimum Gasteiger partial charge on any atom is -0.482 e. The second-order valence-corrected chi connectivity index (χ2v) is 4.72. The third-order valence-corrected chi connectivity index (χ3v) is 2.96. The van der Waals surface area contributed by atoms with Crippen LogP contribution in [0, 0.1) is 6.92 Å². The van der Waals surface area contributed by atoms with Gasteiger partial charge in [-0.15, -0.1) is 0 Å². The highest BCUT2D eigenvalue weighted by Crippen LogP contribution is 2.25. The molecule has 1 unspecified atom stereocenters. The minimum atomic E-state index is -0.392. The molecule has 0 fully saturated rings. The van der Waals surface area contributed by atoms with Crippen LogP contribution in [-0.2, 0) is 0 Å². The van der Waals surface area contributed by atoms with Crippen LogP contribution in [-0.4, -0.2) is 17.1 Å². The minimum absolute atomic E-state index is 0.104. The molecule has 0 radical (unpaired) electrons. The molecule has 0 spiro atoms. The number of amidine groups is 1. The molecule has 0 aliphatic carbocycles. The number of rotatable bonds is 5. The molecule has 0 aliphatic rings. The van der Waals surface area contributed by atoms with Crippen molar-refractivity contribution in [1.29, 1.82) is 0 Å². The van der Waals surface area contributed by atoms with Crippen LogP contribution in [0.2, 0.25) is 0 Å². The van der Waals surface area contributed by atoms with E-state index in [2.05, 4.69) is 25.1 Å². The van der Waals surface area contributed by atoms with E-state index in [-0.39, 0.29) is 5.84 Å². The van der Waals surface area contributed by atoms with E-state index in [1.54, 1.807) is 0 Å². The second-order valence-electron chi connectivity index (χ2n) is 4.72. The summed E-state index contributed by atoms with van der Waals surface area (Å²) >= 11 is 0. The third-order valence-electron chi connectivity index (χ3n) is 2.96. The number of oxime groups is 1. The molecule has 4 heteroatoms. The van der Waals surface area contributed by atoms with E-state index in [1.165, 1.54) is 5.56 Å². The van der Waals surface area contributed by atoms with Crippen molar-refractivity contribution in [2.24, 2.45) is 10.9 Å². The SMILES string of the molecule is CCC(Oc1cc(C(C)C)ccc1C)C(N)=NO. The quantitative estimate of drug-likeness (QED) is 0.365. The second kappa shape index (κ2) is 6.28. The van der Waals surface area contributed by atoms with Crippen LogP contribution in [0.25, 0.3) is 0 Å². The van der Waals surface area contributed by atoms with Crippen LogP contribution in [0.15, 0.2) is 23.4 Å². The highest BCUT2D eigenvalue weighted by atomic mass is 16.5. The van der Waals surface area contributed by atoms with Gasteiger partial charge in [-0.25, -0.2) is 0 Å². The number of aryl methyl sites for hydroxylation is 1. The predicted molar refractivity (Wildman–Crippen MR) is 73.4 cm³/mol. The maximum absolute atomic E-state index is 8.71. The summed E-state index contributed by atoms with van der Waals surface area (Å²) in [5.74, 6) is 1.34. The number of nitrogens with zero attached hydrogens (tertiary/aromatic N) is 1. The number of ether oxygens (including phenoxy) is 1. The zero-order valence-corrected chi connectivity index (χ0v) is 11.5. The van der Waals surface area contributed by atoms with E-state index in [9.17, 15) is 0 Å². The summed E-state index contributed by atoms with van der Waals surface area (Å²) in [7, 11) is 0. The lowest BCUT2D eigenvalue weighted by Gasteiger charge is -2.19. The van der Waals surface area contributed by atoms with Crippen LogP contribution in [0.1, 0.15) is 44.2 Å². The zero-order chi connectivity index (χ0) is 13.7. The van der Waals surface area contributed by atoms with Crippen molar-refractivity contribution >= 4 is 5.84 Å². The molecule has 1 rings (SSSR count). The summed E-state index contributed by atoms with van der Waals surface area (Å²) in [5, 5.41) is 11.7. The van der Waals surface area contributed by atoms with Gasteiger partial charge >= 0.3 is 0 Å². The first-order valence-electron chi connectivity index (χ1n) is 6.24. The van der Waals surface area contributed by atoms with Gasteiger partial charge in [0.25, 0.3) is 0 Å². The summed E-state index contributed by atoms with van der Waals surface area (Å²) in [4.78, 5) is 0. The third kappa shape index (κ3) is 3.39. The zero-order valence-electron chi connectivity index (χ0n) is 11.5. The van der Waals surface area contributed by atoms with Gasteiger partial charge in [-0.1, -0.05) is 38.1 Å². The molecule has 4 nitrogen and oxygen atoms in total. The molecule has 0 aliphatic heterocycles. The number of hydrogen-bond acceptors (Lipinski definition) is 3. The smallest absolute Gasteiger partial charge is 0.180 e. The van der Waals surface area contributed by atoms with Crippen molar-refractivity contribution in [3.8, 4) is 5.75 Å². The van der Waals surface area contributed by atoms with Gasteiger partial charge in [0.2, 0.25) is 0 Å². The molecule has 18 heavy (non-hydrogen) atoms. The van der Waals surface area contributed by atoms with Crippen molar-refractivity contribution in [3.05, 3.63) is 29.3 Å². The Hall–Kier alpha value is -1.71. The van der Waals surface area contributed by atoms with E-state index in [0.717, 1.165) is 11.3 Å². The number of benzene rings is 1. The largest absolute Gasteiger partial charge is 0.482 e. The Labute approximate surface area is 108 Å². The van der Waals surface area contributed by atoms with Crippen LogP contribution >= 0.6 is 0 Å². The van der Waals surface area contributed by atoms with Gasteiger partial charge in [-0.05, 0) is 36.5 Å². The lowest BCUT2D eigenvalue weighted by molar-refractivity contribution is 0.245. The Balaban J connectivity index is 2.98. The van der Waals surface area contributed by atoms with E-state index in [0.29, 0.717) is 12.3 Å². The first kappa shape index (κ1) is 14.4. The highest BCUT2D eigenvalue weighted by Gasteiger charge is 2.15. The molecular formula is C14H22N2O2. The van der Waals surface area contributed by atoms with Crippen LogP contribution < -0.4 is 10.5 Å². The summed E-state index contributed by atoms with van der Waals surface area (Å²) < 4.78 is 5.82. The number of hydrogen-bond donors (Lipinski definition) is 2. The summed E-state index contributed by atoms with van der Waals surface area (Å²) in [6.07, 6.45) is 0.262. The molecule has 0 aromatic heterocycles. The lowest BCUT2D eigenvalue weighted by atomic mass is 10.0. The molecule has 0 amide bonds. The van der Waals surface area contributed by atoms with Gasteiger partial charge < -0.3 is 15.7 Å². The standard InChI is InChI=1S/C14H22N2O2/c1-5-12(14(15)16-17)18-13-8-11(9(2)3)7-6-10(13)4/h6-9,12,17H,5H2,1-4H3,(H2,15,16). The fraction of sp³-hybridized carbons (Fsp3) is 0.500. The Kier molecular flexibility index (Phi) is 5.01. The average molecular weight is 250 g/mol. The van der Waals surface area contributed by atoms with Gasteiger partial charge in [0.15, 0.2) is 11.9 Å². The van der Waals surface area contributed by atoms with Gasteiger partial charge in [0.05, 0.1) is 0 Å². The Morgan fingerprint density at radius 1 is 1.44 bits per heavy atom. The predicted octanol–water partition coefficient (Wildman–Crippen LogP) is 3.02. The molecule has 1 aromatic carbocycles. The van der Waals surface area contributed by atoms with Crippen molar-refractivity contribution in [1.82, 2.24) is 0 Å². The van der Waals surface area contributed by atoms with Crippen molar-refractivity contribution in [2.45, 2.75) is 46.1 Å². The van der Waals surface area contributed by atoms with Gasteiger partial charge in [-0.2, -0.15) is 0 Å². The fourth-order valence-electron chi connectivity index (χ4n) is 1.67. The van der Waals surface area contributed by atoms with Crippen molar-refractivity contribution in [2.75, 3.05) is 0 Å². The topological polar surface area (TPSA) is 67.8 Å². The Morgan fingerprint density at radius 2 is 2.11 bits per heavy atom. The van der Waals surface area contributed by atoms with E-state index < -0.39 is 6.10 Å². The van der Waals surface area contributed by atoms with Crippen molar-refractivity contribution < 1.29 is 9.94 Å².